The fourth-order valence-electron chi connectivity index (χ4n) is 2.59. The van der Waals surface area contributed by atoms with Crippen molar-refractivity contribution in [1.82, 2.24) is 5.32 Å². The van der Waals surface area contributed by atoms with Crippen molar-refractivity contribution in [2.24, 2.45) is 0 Å². The van der Waals surface area contributed by atoms with E-state index in [0.717, 1.165) is 19.4 Å². The standard InChI is InChI=1S/C20H27N/c1-4-14-21-20(15-17-8-6-5-7-9-17)19-12-10-18(11-13-19)16(2)3/h5-13,16,20-21H,4,14-15H2,1-3H3. The molecule has 2 aromatic rings. The first kappa shape index (κ1) is 15.8. The molecule has 1 nitrogen and oxygen atoms in total. The average Bonchev–Trinajstić information content (AvgIpc) is 2.52. The second-order valence-electron chi connectivity index (χ2n) is 6.02. The Morgan fingerprint density at radius 3 is 2.05 bits per heavy atom. The maximum atomic E-state index is 3.68. The Morgan fingerprint density at radius 2 is 1.48 bits per heavy atom. The molecule has 0 bridgehead atoms. The highest BCUT2D eigenvalue weighted by Crippen LogP contribution is 2.21. The predicted octanol–water partition coefficient (Wildman–Crippen LogP) is 5.09. The summed E-state index contributed by atoms with van der Waals surface area (Å²) in [6.45, 7) is 7.76. The van der Waals surface area contributed by atoms with E-state index in [1.807, 2.05) is 0 Å². The van der Waals surface area contributed by atoms with Crippen molar-refractivity contribution in [3.63, 3.8) is 0 Å². The van der Waals surface area contributed by atoms with E-state index in [4.69, 9.17) is 0 Å². The van der Waals surface area contributed by atoms with E-state index in [1.54, 1.807) is 0 Å². The van der Waals surface area contributed by atoms with Crippen molar-refractivity contribution in [2.75, 3.05) is 6.54 Å². The average molecular weight is 281 g/mol. The lowest BCUT2D eigenvalue weighted by atomic mass is 9.95. The van der Waals surface area contributed by atoms with Crippen LogP contribution in [0.3, 0.4) is 0 Å². The van der Waals surface area contributed by atoms with E-state index in [9.17, 15) is 0 Å². The van der Waals surface area contributed by atoms with Gasteiger partial charge in [-0.3, -0.25) is 0 Å². The summed E-state index contributed by atoms with van der Waals surface area (Å²) in [6.07, 6.45) is 2.21. The van der Waals surface area contributed by atoms with Gasteiger partial charge in [-0.1, -0.05) is 75.4 Å². The van der Waals surface area contributed by atoms with Gasteiger partial charge in [-0.15, -0.1) is 0 Å². The molecule has 1 atom stereocenters. The van der Waals surface area contributed by atoms with Gasteiger partial charge in [0.1, 0.15) is 0 Å². The molecule has 2 rings (SSSR count). The SMILES string of the molecule is CCCNC(Cc1ccccc1)c1ccc(C(C)C)cc1. The quantitative estimate of drug-likeness (QED) is 0.745. The lowest BCUT2D eigenvalue weighted by Crippen LogP contribution is -2.24. The van der Waals surface area contributed by atoms with Crippen molar-refractivity contribution >= 4 is 0 Å². The lowest BCUT2D eigenvalue weighted by molar-refractivity contribution is 0.529. The minimum absolute atomic E-state index is 0.397. The van der Waals surface area contributed by atoms with Gasteiger partial charge in [0.2, 0.25) is 0 Å². The third-order valence-electron chi connectivity index (χ3n) is 3.93. The molecule has 0 radical (unpaired) electrons. The summed E-state index contributed by atoms with van der Waals surface area (Å²) in [5.41, 5.74) is 4.18. The van der Waals surface area contributed by atoms with Gasteiger partial charge in [-0.05, 0) is 42.0 Å². The first-order chi connectivity index (χ1) is 10.2. The summed E-state index contributed by atoms with van der Waals surface area (Å²) in [5, 5.41) is 3.68. The summed E-state index contributed by atoms with van der Waals surface area (Å²) in [5.74, 6) is 0.593. The lowest BCUT2D eigenvalue weighted by Gasteiger charge is -2.20. The van der Waals surface area contributed by atoms with Crippen LogP contribution < -0.4 is 5.32 Å². The Bertz CT molecular complexity index is 513. The maximum Gasteiger partial charge on any atom is 0.0360 e. The summed E-state index contributed by atoms with van der Waals surface area (Å²) >= 11 is 0. The van der Waals surface area contributed by atoms with E-state index in [-0.39, 0.29) is 0 Å². The first-order valence-electron chi connectivity index (χ1n) is 8.08. The van der Waals surface area contributed by atoms with E-state index in [2.05, 4.69) is 80.7 Å². The van der Waals surface area contributed by atoms with Gasteiger partial charge in [-0.2, -0.15) is 0 Å². The number of benzene rings is 2. The maximum absolute atomic E-state index is 3.68. The predicted molar refractivity (Wildman–Crippen MR) is 91.7 cm³/mol. The molecule has 0 heterocycles. The fourth-order valence-corrected chi connectivity index (χ4v) is 2.59. The van der Waals surface area contributed by atoms with Crippen LogP contribution in [0, 0.1) is 0 Å². The highest BCUT2D eigenvalue weighted by atomic mass is 14.9. The third-order valence-corrected chi connectivity index (χ3v) is 3.93. The molecule has 1 N–H and O–H groups in total. The van der Waals surface area contributed by atoms with E-state index in [1.165, 1.54) is 16.7 Å². The van der Waals surface area contributed by atoms with Gasteiger partial charge in [-0.25, -0.2) is 0 Å². The van der Waals surface area contributed by atoms with Crippen LogP contribution in [-0.2, 0) is 6.42 Å². The molecule has 1 unspecified atom stereocenters. The largest absolute Gasteiger partial charge is 0.310 e. The van der Waals surface area contributed by atoms with E-state index >= 15 is 0 Å². The Balaban J connectivity index is 2.14. The summed E-state index contributed by atoms with van der Waals surface area (Å²) in [7, 11) is 0. The summed E-state index contributed by atoms with van der Waals surface area (Å²) in [6, 6.07) is 20.2. The van der Waals surface area contributed by atoms with Crippen LogP contribution in [0.25, 0.3) is 0 Å². The third kappa shape index (κ3) is 4.71. The summed E-state index contributed by atoms with van der Waals surface area (Å²) in [4.78, 5) is 0. The normalized spacial score (nSPS) is 12.6. The molecule has 0 aliphatic carbocycles. The van der Waals surface area contributed by atoms with Crippen LogP contribution in [0.4, 0.5) is 0 Å². The zero-order valence-corrected chi connectivity index (χ0v) is 13.5. The molecule has 0 amide bonds. The van der Waals surface area contributed by atoms with Crippen molar-refractivity contribution < 1.29 is 0 Å². The van der Waals surface area contributed by atoms with Gasteiger partial charge in [0.05, 0.1) is 0 Å². The van der Waals surface area contributed by atoms with Crippen LogP contribution in [0.15, 0.2) is 54.6 Å². The molecule has 112 valence electrons. The van der Waals surface area contributed by atoms with Gasteiger partial charge < -0.3 is 5.32 Å². The molecule has 0 aliphatic heterocycles. The highest BCUT2D eigenvalue weighted by molar-refractivity contribution is 5.28. The Hall–Kier alpha value is -1.60. The second kappa shape index (κ2) is 7.99. The molecule has 1 heteroatoms. The molecular weight excluding hydrogens is 254 g/mol. The number of nitrogens with one attached hydrogen (secondary N) is 1. The zero-order valence-electron chi connectivity index (χ0n) is 13.5. The molecule has 0 saturated heterocycles. The molecule has 0 spiro atoms. The fraction of sp³-hybridized carbons (Fsp3) is 0.400. The van der Waals surface area contributed by atoms with Gasteiger partial charge in [0, 0.05) is 6.04 Å². The van der Waals surface area contributed by atoms with Crippen LogP contribution in [0.2, 0.25) is 0 Å². The topological polar surface area (TPSA) is 12.0 Å². The Kier molecular flexibility index (Phi) is 6.01. The first-order valence-corrected chi connectivity index (χ1v) is 8.08. The minimum Gasteiger partial charge on any atom is -0.310 e. The molecule has 0 saturated carbocycles. The molecule has 0 aliphatic rings. The van der Waals surface area contributed by atoms with Gasteiger partial charge in [0.25, 0.3) is 0 Å². The zero-order chi connectivity index (χ0) is 15.1. The van der Waals surface area contributed by atoms with Crippen molar-refractivity contribution in [3.05, 3.63) is 71.3 Å². The van der Waals surface area contributed by atoms with Crippen molar-refractivity contribution in [2.45, 2.75) is 45.6 Å². The van der Waals surface area contributed by atoms with Gasteiger partial charge >= 0.3 is 0 Å². The van der Waals surface area contributed by atoms with Gasteiger partial charge in [0.15, 0.2) is 0 Å². The van der Waals surface area contributed by atoms with E-state index in [0.29, 0.717) is 12.0 Å². The molecule has 0 fully saturated rings. The number of hydrogen-bond donors (Lipinski definition) is 1. The minimum atomic E-state index is 0.397. The smallest absolute Gasteiger partial charge is 0.0360 e. The Labute approximate surface area is 129 Å². The van der Waals surface area contributed by atoms with Crippen LogP contribution in [0.1, 0.15) is 55.8 Å². The van der Waals surface area contributed by atoms with Crippen LogP contribution >= 0.6 is 0 Å². The van der Waals surface area contributed by atoms with Crippen molar-refractivity contribution in [3.8, 4) is 0 Å². The molecule has 0 aromatic heterocycles. The number of rotatable bonds is 7. The monoisotopic (exact) mass is 281 g/mol. The highest BCUT2D eigenvalue weighted by Gasteiger charge is 2.11. The summed E-state index contributed by atoms with van der Waals surface area (Å²) < 4.78 is 0. The molecular formula is C20H27N. The Morgan fingerprint density at radius 1 is 0.857 bits per heavy atom. The molecule has 2 aromatic carbocycles. The molecule has 21 heavy (non-hydrogen) atoms. The second-order valence-corrected chi connectivity index (χ2v) is 6.02. The van der Waals surface area contributed by atoms with Crippen LogP contribution in [-0.4, -0.2) is 6.54 Å². The number of hydrogen-bond acceptors (Lipinski definition) is 1. The van der Waals surface area contributed by atoms with Crippen molar-refractivity contribution in [1.29, 1.82) is 0 Å². The van der Waals surface area contributed by atoms with Crippen LogP contribution in [0.5, 0.6) is 0 Å². The van der Waals surface area contributed by atoms with E-state index < -0.39 is 0 Å².